The smallest absolute Gasteiger partial charge is 0.295 e. The standard InChI is InChI=1S/C24H27N3O7/c1-25(2)11-6-12-26-21(15-7-5-8-17(13-15)27(31)32)20(23(29)24(26)30)22(28)16-9-10-18(33-3)19(14-16)34-4/h5,7-10,13-14,21,28H,6,11-12H2,1-4H3/b22-20-. The third-order valence-corrected chi connectivity index (χ3v) is 5.60. The van der Waals surface area contributed by atoms with E-state index < -0.39 is 28.4 Å². The first-order chi connectivity index (χ1) is 16.2. The fraction of sp³-hybridized carbons (Fsp3) is 0.333. The predicted octanol–water partition coefficient (Wildman–Crippen LogP) is 2.99. The number of non-ortho nitro benzene ring substituents is 1. The number of carbonyl (C=O) groups excluding carboxylic acids is 2. The number of likely N-dealkylation sites (tertiary alicyclic amines) is 1. The Kier molecular flexibility index (Phi) is 7.52. The zero-order chi connectivity index (χ0) is 25.0. The quantitative estimate of drug-likeness (QED) is 0.196. The summed E-state index contributed by atoms with van der Waals surface area (Å²) in [4.78, 5) is 40.2. The highest BCUT2D eigenvalue weighted by atomic mass is 16.6. The van der Waals surface area contributed by atoms with Crippen LogP contribution in [0.4, 0.5) is 5.69 Å². The summed E-state index contributed by atoms with van der Waals surface area (Å²) in [6, 6.07) is 9.37. The van der Waals surface area contributed by atoms with Crippen LogP contribution < -0.4 is 9.47 Å². The molecule has 0 saturated carbocycles. The second-order valence-corrected chi connectivity index (χ2v) is 8.07. The van der Waals surface area contributed by atoms with Crippen LogP contribution in [0.5, 0.6) is 11.5 Å². The second kappa shape index (κ2) is 10.3. The Balaban J connectivity index is 2.16. The number of nitrogens with zero attached hydrogens (tertiary/aromatic N) is 3. The molecule has 1 unspecified atom stereocenters. The van der Waals surface area contributed by atoms with Crippen LogP contribution in [0.15, 0.2) is 48.0 Å². The molecule has 3 rings (SSSR count). The van der Waals surface area contributed by atoms with Crippen molar-refractivity contribution < 1.29 is 29.1 Å². The van der Waals surface area contributed by atoms with Gasteiger partial charge in [-0.25, -0.2) is 0 Å². The summed E-state index contributed by atoms with van der Waals surface area (Å²) in [5, 5.41) is 22.5. The third-order valence-electron chi connectivity index (χ3n) is 5.60. The molecule has 1 amide bonds. The van der Waals surface area contributed by atoms with E-state index in [1.807, 2.05) is 19.0 Å². The van der Waals surface area contributed by atoms with Crippen molar-refractivity contribution in [3.8, 4) is 11.5 Å². The topological polar surface area (TPSA) is 122 Å². The molecule has 1 aliphatic heterocycles. The first kappa shape index (κ1) is 24.7. The molecule has 1 N–H and O–H groups in total. The number of carbonyl (C=O) groups is 2. The lowest BCUT2D eigenvalue weighted by Crippen LogP contribution is -2.32. The Hall–Kier alpha value is -3.92. The number of Topliss-reactive ketones (excluding diaryl/α,β-unsaturated/α-hetero) is 1. The van der Waals surface area contributed by atoms with Crippen molar-refractivity contribution in [1.82, 2.24) is 9.80 Å². The maximum Gasteiger partial charge on any atom is 0.295 e. The van der Waals surface area contributed by atoms with E-state index in [0.717, 1.165) is 0 Å². The fourth-order valence-electron chi connectivity index (χ4n) is 3.96. The van der Waals surface area contributed by atoms with Crippen molar-refractivity contribution in [1.29, 1.82) is 0 Å². The van der Waals surface area contributed by atoms with Gasteiger partial charge in [-0.2, -0.15) is 0 Å². The number of ketones is 1. The van der Waals surface area contributed by atoms with Gasteiger partial charge >= 0.3 is 0 Å². The Morgan fingerprint density at radius 2 is 1.82 bits per heavy atom. The number of nitro groups is 1. The number of ether oxygens (including phenoxy) is 2. The van der Waals surface area contributed by atoms with Crippen LogP contribution >= 0.6 is 0 Å². The number of amides is 1. The van der Waals surface area contributed by atoms with Gasteiger partial charge in [-0.05, 0) is 50.8 Å². The van der Waals surface area contributed by atoms with E-state index in [4.69, 9.17) is 9.47 Å². The van der Waals surface area contributed by atoms with E-state index in [9.17, 15) is 24.8 Å². The molecule has 0 aliphatic carbocycles. The maximum absolute atomic E-state index is 13.1. The maximum atomic E-state index is 13.1. The highest BCUT2D eigenvalue weighted by Crippen LogP contribution is 2.41. The minimum absolute atomic E-state index is 0.137. The lowest BCUT2D eigenvalue weighted by Gasteiger charge is -2.26. The molecule has 10 heteroatoms. The van der Waals surface area contributed by atoms with Crippen LogP contribution in [-0.4, -0.2) is 72.9 Å². The molecule has 0 bridgehead atoms. The molecule has 1 saturated heterocycles. The average molecular weight is 469 g/mol. The summed E-state index contributed by atoms with van der Waals surface area (Å²) >= 11 is 0. The Morgan fingerprint density at radius 1 is 1.12 bits per heavy atom. The number of hydrogen-bond acceptors (Lipinski definition) is 8. The summed E-state index contributed by atoms with van der Waals surface area (Å²) in [6.07, 6.45) is 0.571. The van der Waals surface area contributed by atoms with Gasteiger partial charge in [-0.3, -0.25) is 19.7 Å². The fourth-order valence-corrected chi connectivity index (χ4v) is 3.96. The van der Waals surface area contributed by atoms with Gasteiger partial charge in [-0.15, -0.1) is 0 Å². The lowest BCUT2D eigenvalue weighted by molar-refractivity contribution is -0.384. The minimum Gasteiger partial charge on any atom is -0.507 e. The SMILES string of the molecule is COc1ccc(/C(O)=C2/C(=O)C(=O)N(CCCN(C)C)C2c2cccc([N+](=O)[O-])c2)cc1OC. The van der Waals surface area contributed by atoms with Gasteiger partial charge in [0, 0.05) is 24.2 Å². The van der Waals surface area contributed by atoms with E-state index >= 15 is 0 Å². The van der Waals surface area contributed by atoms with Crippen molar-refractivity contribution in [2.75, 3.05) is 41.4 Å². The van der Waals surface area contributed by atoms with Gasteiger partial charge in [-0.1, -0.05) is 12.1 Å². The number of methoxy groups -OCH3 is 2. The van der Waals surface area contributed by atoms with E-state index in [1.54, 1.807) is 18.2 Å². The third kappa shape index (κ3) is 4.86. The van der Waals surface area contributed by atoms with Gasteiger partial charge < -0.3 is 24.4 Å². The summed E-state index contributed by atoms with van der Waals surface area (Å²) in [5.74, 6) is -1.26. The molecule has 1 fully saturated rings. The second-order valence-electron chi connectivity index (χ2n) is 8.07. The van der Waals surface area contributed by atoms with Crippen molar-refractivity contribution >= 4 is 23.1 Å². The molecule has 34 heavy (non-hydrogen) atoms. The van der Waals surface area contributed by atoms with Gasteiger partial charge in [0.2, 0.25) is 0 Å². The number of nitro benzene ring substituents is 1. The Morgan fingerprint density at radius 3 is 2.44 bits per heavy atom. The molecule has 1 aliphatic rings. The lowest BCUT2D eigenvalue weighted by atomic mass is 9.94. The Bertz CT molecular complexity index is 1140. The summed E-state index contributed by atoms with van der Waals surface area (Å²) in [6.45, 7) is 0.902. The number of rotatable bonds is 9. The molecular formula is C24H27N3O7. The normalized spacial score (nSPS) is 17.3. The van der Waals surface area contributed by atoms with Crippen molar-refractivity contribution in [2.24, 2.45) is 0 Å². The number of aliphatic hydroxyl groups is 1. The van der Waals surface area contributed by atoms with Crippen LogP contribution in [0.3, 0.4) is 0 Å². The number of hydrogen-bond donors (Lipinski definition) is 1. The summed E-state index contributed by atoms with van der Waals surface area (Å²) < 4.78 is 10.5. The molecular weight excluding hydrogens is 442 g/mol. The number of aliphatic hydroxyl groups excluding tert-OH is 1. The minimum atomic E-state index is -0.977. The van der Waals surface area contributed by atoms with E-state index in [-0.39, 0.29) is 23.4 Å². The molecule has 10 nitrogen and oxygen atoms in total. The molecule has 0 spiro atoms. The summed E-state index contributed by atoms with van der Waals surface area (Å²) in [5.41, 5.74) is 0.296. The highest BCUT2D eigenvalue weighted by molar-refractivity contribution is 6.46. The van der Waals surface area contributed by atoms with E-state index in [0.29, 0.717) is 30.0 Å². The summed E-state index contributed by atoms with van der Waals surface area (Å²) in [7, 11) is 6.69. The molecule has 1 atom stereocenters. The zero-order valence-corrected chi connectivity index (χ0v) is 19.5. The highest BCUT2D eigenvalue weighted by Gasteiger charge is 2.46. The van der Waals surface area contributed by atoms with Gasteiger partial charge in [0.25, 0.3) is 17.4 Å². The Labute approximate surface area is 197 Å². The van der Waals surface area contributed by atoms with Crippen molar-refractivity contribution in [3.05, 3.63) is 69.3 Å². The van der Waals surface area contributed by atoms with Crippen molar-refractivity contribution in [2.45, 2.75) is 12.5 Å². The molecule has 0 radical (unpaired) electrons. The first-order valence-corrected chi connectivity index (χ1v) is 10.6. The van der Waals surface area contributed by atoms with Crippen LogP contribution in [0.2, 0.25) is 0 Å². The van der Waals surface area contributed by atoms with Crippen molar-refractivity contribution in [3.63, 3.8) is 0 Å². The zero-order valence-electron chi connectivity index (χ0n) is 19.5. The van der Waals surface area contributed by atoms with Gasteiger partial charge in [0.15, 0.2) is 11.5 Å². The molecule has 2 aromatic carbocycles. The largest absolute Gasteiger partial charge is 0.507 e. The van der Waals surface area contributed by atoms with Gasteiger partial charge in [0.1, 0.15) is 5.76 Å². The molecule has 0 aromatic heterocycles. The van der Waals surface area contributed by atoms with E-state index in [2.05, 4.69) is 0 Å². The van der Waals surface area contributed by atoms with Crippen LogP contribution in [0, 0.1) is 10.1 Å². The van der Waals surface area contributed by atoms with Crippen LogP contribution in [0.25, 0.3) is 5.76 Å². The molecule has 2 aromatic rings. The number of benzene rings is 2. The average Bonchev–Trinajstić information content (AvgIpc) is 3.08. The van der Waals surface area contributed by atoms with Gasteiger partial charge in [0.05, 0.1) is 30.8 Å². The predicted molar refractivity (Wildman–Crippen MR) is 125 cm³/mol. The van der Waals surface area contributed by atoms with Crippen LogP contribution in [-0.2, 0) is 9.59 Å². The monoisotopic (exact) mass is 469 g/mol. The molecule has 180 valence electrons. The van der Waals surface area contributed by atoms with Crippen LogP contribution in [0.1, 0.15) is 23.6 Å². The van der Waals surface area contributed by atoms with E-state index in [1.165, 1.54) is 43.4 Å². The first-order valence-electron chi connectivity index (χ1n) is 10.6. The molecule has 1 heterocycles.